The number of hydrogen-bond donors (Lipinski definition) is 0. The number of nitro benzene ring substituents is 1. The van der Waals surface area contributed by atoms with Gasteiger partial charge in [-0.25, -0.2) is 0 Å². The predicted octanol–water partition coefficient (Wildman–Crippen LogP) is 6.25. The molecule has 2 rings (SSSR count). The number of halogens is 3. The maximum absolute atomic E-state index is 12.0. The zero-order chi connectivity index (χ0) is 19.7. The summed E-state index contributed by atoms with van der Waals surface area (Å²) in [6, 6.07) is 14.4. The van der Waals surface area contributed by atoms with Gasteiger partial charge in [-0.3, -0.25) is 24.3 Å². The molecule has 0 aliphatic rings. The molecular weight excluding hydrogens is 424 g/mol. The topological polar surface area (TPSA) is 94.3 Å². The van der Waals surface area contributed by atoms with Crippen LogP contribution in [0.5, 0.6) is 0 Å². The fraction of sp³-hybridized carbons (Fsp3) is 0.125. The third kappa shape index (κ3) is 8.59. The zero-order valence-corrected chi connectivity index (χ0v) is 16.3. The molecule has 2 aromatic carbocycles. The first-order valence-corrected chi connectivity index (χ1v) is 11.6. The van der Waals surface area contributed by atoms with Crippen molar-refractivity contribution >= 4 is 56.2 Å². The molecule has 138 valence electrons. The van der Waals surface area contributed by atoms with Crippen LogP contribution in [0.1, 0.15) is 33.6 Å². The number of benzene rings is 2. The van der Waals surface area contributed by atoms with E-state index in [1.165, 1.54) is 18.2 Å². The maximum Gasteiger partial charge on any atom is 0.339 e. The van der Waals surface area contributed by atoms with Gasteiger partial charge in [-0.2, -0.15) is 0 Å². The molecule has 0 fully saturated rings. The van der Waals surface area contributed by atoms with Crippen molar-refractivity contribution in [3.8, 4) is 0 Å². The van der Waals surface area contributed by atoms with E-state index in [-0.39, 0.29) is 29.9 Å². The largest absolute Gasteiger partial charge is 0.339 e. The molecule has 2 aromatic rings. The number of hydrogen-bond acceptors (Lipinski definition) is 5. The number of para-hydroxylation sites is 1. The Kier molecular flexibility index (Phi) is 8.96. The highest BCUT2D eigenvalue weighted by Crippen LogP contribution is 2.61. The highest BCUT2D eigenvalue weighted by molar-refractivity contribution is 8.24. The number of rotatable bonds is 6. The smallest absolute Gasteiger partial charge is 0.294 e. The van der Waals surface area contributed by atoms with Crippen LogP contribution in [-0.4, -0.2) is 16.5 Å². The number of nitro groups is 1. The molecule has 0 saturated carbocycles. The Hall–Kier alpha value is -1.72. The van der Waals surface area contributed by atoms with Crippen LogP contribution in [0.2, 0.25) is 0 Å². The third-order valence-electron chi connectivity index (χ3n) is 3.08. The van der Waals surface area contributed by atoms with Crippen LogP contribution < -0.4 is 0 Å². The van der Waals surface area contributed by atoms with Crippen molar-refractivity contribution < 1.29 is 19.1 Å². The number of carbonyl (C=O) groups is 2. The Morgan fingerprint density at radius 2 is 1.35 bits per heavy atom. The van der Waals surface area contributed by atoms with Crippen LogP contribution in [0.3, 0.4) is 0 Å². The summed E-state index contributed by atoms with van der Waals surface area (Å²) in [6.45, 7) is 0. The van der Waals surface area contributed by atoms with E-state index in [4.69, 9.17) is 0 Å². The summed E-state index contributed by atoms with van der Waals surface area (Å²) in [6.07, 6.45) is -0.00647. The average molecular weight is 437 g/mol. The molecule has 0 aliphatic heterocycles. The molecule has 0 amide bonds. The van der Waals surface area contributed by atoms with Crippen molar-refractivity contribution in [1.82, 2.24) is 0 Å². The fourth-order valence-corrected chi connectivity index (χ4v) is 2.00. The molecule has 10 heteroatoms. The molecule has 0 saturated heterocycles. The number of nitrogens with zero attached hydrogens (tertiary/aromatic N) is 1. The summed E-state index contributed by atoms with van der Waals surface area (Å²) in [5.74, 6) is -0.547. The van der Waals surface area contributed by atoms with E-state index in [1.54, 1.807) is 36.4 Å². The second-order valence-corrected chi connectivity index (χ2v) is 11.5. The van der Waals surface area contributed by atoms with Crippen molar-refractivity contribution in [3.05, 3.63) is 75.8 Å². The summed E-state index contributed by atoms with van der Waals surface area (Å²) in [5.41, 5.74) is 0.353. The van der Waals surface area contributed by atoms with Gasteiger partial charge in [0.05, 0.1) is 10.5 Å². The SMILES string of the molecule is O=C(CCC(=O)c1ccccc1[N+](=O)[O-])c1ccccc1.O=P(Cl)(Cl)Cl. The Morgan fingerprint density at radius 3 is 1.88 bits per heavy atom. The first-order valence-electron chi connectivity index (χ1n) is 7.13. The highest BCUT2D eigenvalue weighted by Gasteiger charge is 2.19. The van der Waals surface area contributed by atoms with E-state index in [1.807, 2.05) is 0 Å². The third-order valence-corrected chi connectivity index (χ3v) is 3.08. The average Bonchev–Trinajstić information content (AvgIpc) is 2.58. The number of carbonyl (C=O) groups excluding carboxylic acids is 2. The lowest BCUT2D eigenvalue weighted by Crippen LogP contribution is -2.07. The van der Waals surface area contributed by atoms with Crippen LogP contribution in [0, 0.1) is 10.1 Å². The summed E-state index contributed by atoms with van der Waals surface area (Å²) in [4.78, 5) is 34.2. The van der Waals surface area contributed by atoms with Crippen molar-refractivity contribution in [2.24, 2.45) is 0 Å². The lowest BCUT2D eigenvalue weighted by atomic mass is 10.0. The van der Waals surface area contributed by atoms with E-state index in [0.29, 0.717) is 5.56 Å². The fourth-order valence-electron chi connectivity index (χ4n) is 2.00. The second kappa shape index (κ2) is 10.4. The van der Waals surface area contributed by atoms with Gasteiger partial charge in [0.25, 0.3) is 5.69 Å². The van der Waals surface area contributed by atoms with Gasteiger partial charge < -0.3 is 0 Å². The van der Waals surface area contributed by atoms with E-state index >= 15 is 0 Å². The molecule has 0 spiro atoms. The molecule has 6 nitrogen and oxygen atoms in total. The summed E-state index contributed by atoms with van der Waals surface area (Å²) in [5, 5.41) is 7.65. The molecule has 26 heavy (non-hydrogen) atoms. The van der Waals surface area contributed by atoms with Gasteiger partial charge in [-0.15, -0.1) is 0 Å². The highest BCUT2D eigenvalue weighted by atomic mass is 36.0. The molecule has 0 aromatic heterocycles. The van der Waals surface area contributed by atoms with E-state index in [0.717, 1.165) is 0 Å². The predicted molar refractivity (Wildman–Crippen MR) is 103 cm³/mol. The van der Waals surface area contributed by atoms with Crippen molar-refractivity contribution in [3.63, 3.8) is 0 Å². The van der Waals surface area contributed by atoms with Crippen LogP contribution in [0.15, 0.2) is 54.6 Å². The quantitative estimate of drug-likeness (QED) is 0.231. The Morgan fingerprint density at radius 1 is 0.885 bits per heavy atom. The van der Waals surface area contributed by atoms with Crippen LogP contribution in [0.4, 0.5) is 5.69 Å². The van der Waals surface area contributed by atoms with Crippen molar-refractivity contribution in [2.75, 3.05) is 0 Å². The second-order valence-electron chi connectivity index (χ2n) is 4.89. The van der Waals surface area contributed by atoms with Crippen LogP contribution in [-0.2, 0) is 4.57 Å². The van der Waals surface area contributed by atoms with Crippen molar-refractivity contribution in [1.29, 1.82) is 0 Å². The number of ketones is 2. The zero-order valence-electron chi connectivity index (χ0n) is 13.2. The first-order chi connectivity index (χ1) is 12.1. The lowest BCUT2D eigenvalue weighted by Gasteiger charge is -2.02. The van der Waals surface area contributed by atoms with E-state index in [9.17, 15) is 24.3 Å². The Bertz CT molecular complexity index is 831. The molecule has 0 aliphatic carbocycles. The van der Waals surface area contributed by atoms with Gasteiger partial charge in [-0.05, 0) is 39.8 Å². The normalized spacial score (nSPS) is 10.4. The van der Waals surface area contributed by atoms with Gasteiger partial charge in [0, 0.05) is 24.5 Å². The van der Waals surface area contributed by atoms with Gasteiger partial charge >= 0.3 is 5.20 Å². The molecular formula is C16H13Cl3NO5P. The van der Waals surface area contributed by atoms with E-state index < -0.39 is 15.9 Å². The minimum Gasteiger partial charge on any atom is -0.294 e. The lowest BCUT2D eigenvalue weighted by molar-refractivity contribution is -0.385. The summed E-state index contributed by atoms with van der Waals surface area (Å²) >= 11 is 13.8. The van der Waals surface area contributed by atoms with Gasteiger partial charge in [0.15, 0.2) is 11.6 Å². The minimum absolute atomic E-state index is 0.0366. The molecule has 0 radical (unpaired) electrons. The van der Waals surface area contributed by atoms with Crippen LogP contribution >= 0.6 is 38.9 Å². The van der Waals surface area contributed by atoms with Gasteiger partial charge in [-0.1, -0.05) is 42.5 Å². The van der Waals surface area contributed by atoms with Crippen LogP contribution in [0.25, 0.3) is 0 Å². The molecule has 0 heterocycles. The standard InChI is InChI=1S/C16H13NO4.Cl3OP/c18-15(12-6-2-1-3-7-12)10-11-16(19)13-8-4-5-9-14(13)17(20)21;1-5(2,3)4/h1-9H,10-11H2;. The Labute approximate surface area is 164 Å². The minimum atomic E-state index is -3.22. The molecule has 0 unspecified atom stereocenters. The first kappa shape index (κ1) is 22.3. The monoisotopic (exact) mass is 435 g/mol. The maximum atomic E-state index is 12.0. The van der Waals surface area contributed by atoms with Gasteiger partial charge in [0.2, 0.25) is 0 Å². The van der Waals surface area contributed by atoms with E-state index in [2.05, 4.69) is 33.7 Å². The summed E-state index contributed by atoms with van der Waals surface area (Å²) < 4.78 is 9.51. The van der Waals surface area contributed by atoms with Crippen molar-refractivity contribution in [2.45, 2.75) is 12.8 Å². The summed E-state index contributed by atoms with van der Waals surface area (Å²) in [7, 11) is 0. The Balaban J connectivity index is 0.000000597. The van der Waals surface area contributed by atoms with Gasteiger partial charge in [0.1, 0.15) is 0 Å². The molecule has 0 bridgehead atoms. The molecule has 0 N–H and O–H groups in total. The number of Topliss-reactive ketones (excluding diaryl/α,β-unsaturated/α-hetero) is 2. The molecule has 0 atom stereocenters.